The van der Waals surface area contributed by atoms with Crippen LogP contribution >= 0.6 is 0 Å². The largest absolute Gasteiger partial charge is 0.435 e. The minimum absolute atomic E-state index is 0.175. The molecule has 0 radical (unpaired) electrons. The molecule has 94 valence electrons. The standard InChI is InChI=1S/C14H13F2NO/c15-14(16)18-13-8-6-11(7-9-13)10-17-12-4-2-1-3-5-12/h1-9,14,17H,10H2. The van der Waals surface area contributed by atoms with Crippen molar-refractivity contribution in [3.05, 3.63) is 60.2 Å². The summed E-state index contributed by atoms with van der Waals surface area (Å²) in [6.45, 7) is -2.14. The van der Waals surface area contributed by atoms with Crippen LogP contribution < -0.4 is 10.1 Å². The molecule has 0 aliphatic heterocycles. The van der Waals surface area contributed by atoms with Crippen LogP contribution in [0.5, 0.6) is 5.75 Å². The van der Waals surface area contributed by atoms with Gasteiger partial charge >= 0.3 is 6.61 Å². The highest BCUT2D eigenvalue weighted by Gasteiger charge is 2.03. The normalized spacial score (nSPS) is 10.4. The molecule has 1 N–H and O–H groups in total. The van der Waals surface area contributed by atoms with Gasteiger partial charge < -0.3 is 10.1 Å². The molecule has 0 aromatic heterocycles. The molecule has 0 saturated heterocycles. The lowest BCUT2D eigenvalue weighted by molar-refractivity contribution is -0.0498. The molecular weight excluding hydrogens is 236 g/mol. The number of ether oxygens (including phenoxy) is 1. The van der Waals surface area contributed by atoms with E-state index in [0.717, 1.165) is 11.3 Å². The molecule has 0 aliphatic carbocycles. The lowest BCUT2D eigenvalue weighted by Crippen LogP contribution is -2.02. The van der Waals surface area contributed by atoms with Crippen LogP contribution in [0.15, 0.2) is 54.6 Å². The van der Waals surface area contributed by atoms with E-state index in [1.165, 1.54) is 12.1 Å². The number of alkyl halides is 2. The number of halogens is 2. The van der Waals surface area contributed by atoms with Crippen molar-refractivity contribution >= 4 is 5.69 Å². The second kappa shape index (κ2) is 6.00. The van der Waals surface area contributed by atoms with Crippen molar-refractivity contribution in [1.82, 2.24) is 0 Å². The molecule has 2 nitrogen and oxygen atoms in total. The Hall–Kier alpha value is -2.10. The molecule has 2 rings (SSSR count). The van der Waals surface area contributed by atoms with Gasteiger partial charge in [-0.1, -0.05) is 30.3 Å². The maximum Gasteiger partial charge on any atom is 0.387 e. The first kappa shape index (κ1) is 12.4. The van der Waals surface area contributed by atoms with Crippen molar-refractivity contribution in [2.45, 2.75) is 13.2 Å². The van der Waals surface area contributed by atoms with Gasteiger partial charge in [-0.2, -0.15) is 8.78 Å². The van der Waals surface area contributed by atoms with Gasteiger partial charge in [0.05, 0.1) is 0 Å². The van der Waals surface area contributed by atoms with E-state index in [9.17, 15) is 8.78 Å². The van der Waals surface area contributed by atoms with Crippen molar-refractivity contribution in [2.75, 3.05) is 5.32 Å². The van der Waals surface area contributed by atoms with Crippen molar-refractivity contribution in [3.8, 4) is 5.75 Å². The maximum absolute atomic E-state index is 12.0. The fourth-order valence-electron chi connectivity index (χ4n) is 1.55. The Morgan fingerprint density at radius 3 is 2.22 bits per heavy atom. The zero-order valence-electron chi connectivity index (χ0n) is 9.64. The summed E-state index contributed by atoms with van der Waals surface area (Å²) in [5, 5.41) is 3.23. The average Bonchev–Trinajstić information content (AvgIpc) is 2.38. The van der Waals surface area contributed by atoms with E-state index in [1.54, 1.807) is 12.1 Å². The molecule has 2 aromatic carbocycles. The molecule has 0 atom stereocenters. The number of rotatable bonds is 5. The van der Waals surface area contributed by atoms with Gasteiger partial charge in [0.15, 0.2) is 0 Å². The fourth-order valence-corrected chi connectivity index (χ4v) is 1.55. The summed E-state index contributed by atoms with van der Waals surface area (Å²) >= 11 is 0. The molecule has 0 heterocycles. The molecule has 0 amide bonds. The van der Waals surface area contributed by atoms with Crippen molar-refractivity contribution in [3.63, 3.8) is 0 Å². The zero-order chi connectivity index (χ0) is 12.8. The Labute approximate surface area is 104 Å². The summed E-state index contributed by atoms with van der Waals surface area (Å²) in [6.07, 6.45) is 0. The summed E-state index contributed by atoms with van der Waals surface area (Å²) in [5.41, 5.74) is 2.02. The van der Waals surface area contributed by atoms with Crippen molar-refractivity contribution < 1.29 is 13.5 Å². The molecule has 4 heteroatoms. The first-order valence-electron chi connectivity index (χ1n) is 5.57. The summed E-state index contributed by atoms with van der Waals surface area (Å²) in [6, 6.07) is 16.4. The van der Waals surface area contributed by atoms with Gasteiger partial charge in [-0.05, 0) is 29.8 Å². The number of anilines is 1. The second-order valence-electron chi connectivity index (χ2n) is 3.74. The first-order chi connectivity index (χ1) is 8.74. The third kappa shape index (κ3) is 3.73. The van der Waals surface area contributed by atoms with E-state index in [1.807, 2.05) is 30.3 Å². The van der Waals surface area contributed by atoms with Crippen LogP contribution in [-0.4, -0.2) is 6.61 Å². The Balaban J connectivity index is 1.90. The Morgan fingerprint density at radius 1 is 0.944 bits per heavy atom. The van der Waals surface area contributed by atoms with Gasteiger partial charge in [0, 0.05) is 12.2 Å². The van der Waals surface area contributed by atoms with E-state index in [2.05, 4.69) is 10.1 Å². The monoisotopic (exact) mass is 249 g/mol. The van der Waals surface area contributed by atoms with Crippen LogP contribution in [0.1, 0.15) is 5.56 Å². The Kier molecular flexibility index (Phi) is 4.12. The van der Waals surface area contributed by atoms with Crippen LogP contribution in [0.3, 0.4) is 0 Å². The number of hydrogen-bond donors (Lipinski definition) is 1. The number of nitrogens with one attached hydrogen (secondary N) is 1. The predicted molar refractivity (Wildman–Crippen MR) is 66.8 cm³/mol. The molecular formula is C14H13F2NO. The number of hydrogen-bond acceptors (Lipinski definition) is 2. The lowest BCUT2D eigenvalue weighted by atomic mass is 10.2. The van der Waals surface area contributed by atoms with Crippen LogP contribution in [0.2, 0.25) is 0 Å². The zero-order valence-corrected chi connectivity index (χ0v) is 9.64. The van der Waals surface area contributed by atoms with E-state index in [0.29, 0.717) is 6.54 Å². The highest BCUT2D eigenvalue weighted by atomic mass is 19.3. The van der Waals surface area contributed by atoms with Crippen LogP contribution in [-0.2, 0) is 6.54 Å². The van der Waals surface area contributed by atoms with Gasteiger partial charge in [0.25, 0.3) is 0 Å². The summed E-state index contributed by atoms with van der Waals surface area (Å²) in [5.74, 6) is 0.175. The van der Waals surface area contributed by atoms with Crippen LogP contribution in [0.4, 0.5) is 14.5 Å². The second-order valence-corrected chi connectivity index (χ2v) is 3.74. The van der Waals surface area contributed by atoms with Gasteiger partial charge in [-0.15, -0.1) is 0 Å². The van der Waals surface area contributed by atoms with E-state index in [-0.39, 0.29) is 5.75 Å². The van der Waals surface area contributed by atoms with Gasteiger partial charge in [-0.3, -0.25) is 0 Å². The van der Waals surface area contributed by atoms with Gasteiger partial charge in [-0.25, -0.2) is 0 Å². The van der Waals surface area contributed by atoms with Crippen LogP contribution in [0, 0.1) is 0 Å². The SMILES string of the molecule is FC(F)Oc1ccc(CNc2ccccc2)cc1. The van der Waals surface area contributed by atoms with E-state index >= 15 is 0 Å². The van der Waals surface area contributed by atoms with Gasteiger partial charge in [0.2, 0.25) is 0 Å². The van der Waals surface area contributed by atoms with Crippen molar-refractivity contribution in [2.24, 2.45) is 0 Å². The highest BCUT2D eigenvalue weighted by Crippen LogP contribution is 2.16. The summed E-state index contributed by atoms with van der Waals surface area (Å²) < 4.78 is 28.2. The predicted octanol–water partition coefficient (Wildman–Crippen LogP) is 3.90. The molecule has 0 spiro atoms. The van der Waals surface area contributed by atoms with E-state index in [4.69, 9.17) is 0 Å². The molecule has 2 aromatic rings. The molecule has 0 unspecified atom stereocenters. The topological polar surface area (TPSA) is 21.3 Å². The third-order valence-electron chi connectivity index (χ3n) is 2.42. The summed E-state index contributed by atoms with van der Waals surface area (Å²) in [4.78, 5) is 0. The number of para-hydroxylation sites is 1. The first-order valence-corrected chi connectivity index (χ1v) is 5.57. The molecule has 0 saturated carbocycles. The Bertz CT molecular complexity index is 471. The number of benzene rings is 2. The fraction of sp³-hybridized carbons (Fsp3) is 0.143. The minimum atomic E-state index is -2.78. The van der Waals surface area contributed by atoms with Crippen molar-refractivity contribution in [1.29, 1.82) is 0 Å². The van der Waals surface area contributed by atoms with Gasteiger partial charge in [0.1, 0.15) is 5.75 Å². The average molecular weight is 249 g/mol. The molecule has 0 bridgehead atoms. The molecule has 0 fully saturated rings. The minimum Gasteiger partial charge on any atom is -0.435 e. The quantitative estimate of drug-likeness (QED) is 0.867. The smallest absolute Gasteiger partial charge is 0.387 e. The highest BCUT2D eigenvalue weighted by molar-refractivity contribution is 5.43. The molecule has 0 aliphatic rings. The summed E-state index contributed by atoms with van der Waals surface area (Å²) in [7, 11) is 0. The maximum atomic E-state index is 12.0. The molecule has 18 heavy (non-hydrogen) atoms. The lowest BCUT2D eigenvalue weighted by Gasteiger charge is -2.08. The third-order valence-corrected chi connectivity index (χ3v) is 2.42. The van der Waals surface area contributed by atoms with Crippen LogP contribution in [0.25, 0.3) is 0 Å². The van der Waals surface area contributed by atoms with E-state index < -0.39 is 6.61 Å². The Morgan fingerprint density at radius 2 is 1.61 bits per heavy atom.